The van der Waals surface area contributed by atoms with E-state index in [9.17, 15) is 19.2 Å². The fourth-order valence-corrected chi connectivity index (χ4v) is 11.3. The van der Waals surface area contributed by atoms with Gasteiger partial charge in [0.05, 0.1) is 37.6 Å². The second-order valence-corrected chi connectivity index (χ2v) is 20.1. The van der Waals surface area contributed by atoms with Gasteiger partial charge in [0.15, 0.2) is 23.1 Å². The Bertz CT molecular complexity index is 2260. The maximum atomic E-state index is 13.4. The molecule has 360 valence electrons. The Morgan fingerprint density at radius 1 is 0.515 bits per heavy atom. The number of rotatable bonds is 18. The summed E-state index contributed by atoms with van der Waals surface area (Å²) < 4.78 is 23.3. The summed E-state index contributed by atoms with van der Waals surface area (Å²) in [6.45, 7) is 17.4. The molecule has 10 heteroatoms. The zero-order valence-corrected chi connectivity index (χ0v) is 40.6. The van der Waals surface area contributed by atoms with Crippen molar-refractivity contribution in [2.75, 3.05) is 65.7 Å². The number of benzene rings is 4. The lowest BCUT2D eigenvalue weighted by molar-refractivity contribution is 0.0365. The molecule has 0 amide bonds. The fraction of sp³-hybridized carbons (Fsp3) is 0.517. The molecule has 0 spiro atoms. The van der Waals surface area contributed by atoms with E-state index in [-0.39, 0.29) is 47.2 Å². The third-order valence-electron chi connectivity index (χ3n) is 15.5. The molecule has 4 heterocycles. The Morgan fingerprint density at radius 3 is 1.26 bits per heavy atom. The Balaban J connectivity index is 0.000000170. The monoisotopic (exact) mass is 923 g/mol. The number of carbonyl (C=O) groups excluding carboxylic acids is 4. The molecule has 10 rings (SSSR count). The van der Waals surface area contributed by atoms with Gasteiger partial charge in [0.25, 0.3) is 0 Å². The third kappa shape index (κ3) is 11.0. The minimum Gasteiger partial charge on any atom is -0.489 e. The van der Waals surface area contributed by atoms with Crippen molar-refractivity contribution >= 4 is 23.1 Å². The first-order valence-electron chi connectivity index (χ1n) is 25.6. The molecule has 0 radical (unpaired) electrons. The molecule has 8 atom stereocenters. The van der Waals surface area contributed by atoms with Crippen molar-refractivity contribution in [2.24, 2.45) is 23.7 Å². The van der Waals surface area contributed by atoms with E-state index in [1.54, 1.807) is 12.1 Å². The maximum absolute atomic E-state index is 13.4. The van der Waals surface area contributed by atoms with Crippen LogP contribution in [0.1, 0.15) is 155 Å². The van der Waals surface area contributed by atoms with Crippen LogP contribution in [0.15, 0.2) is 84.9 Å². The first kappa shape index (κ1) is 48.0. The van der Waals surface area contributed by atoms with Crippen LogP contribution in [0.4, 0.5) is 0 Å². The topological polar surface area (TPSA) is 112 Å². The lowest BCUT2D eigenvalue weighted by Crippen LogP contribution is -2.37. The van der Waals surface area contributed by atoms with Crippen LogP contribution in [0.25, 0.3) is 0 Å². The molecule has 4 aromatic carbocycles. The normalized spacial score (nSPS) is 26.1. The first-order chi connectivity index (χ1) is 33.1. The molecule has 10 nitrogen and oxygen atoms in total. The van der Waals surface area contributed by atoms with Gasteiger partial charge in [0.1, 0.15) is 23.7 Å². The molecule has 0 N–H and O–H groups in total. The highest BCUT2D eigenvalue weighted by molar-refractivity contribution is 6.05. The molecular weight excluding hydrogens is 853 g/mol. The van der Waals surface area contributed by atoms with E-state index in [2.05, 4.69) is 34.1 Å². The smallest absolute Gasteiger partial charge is 0.166 e. The van der Waals surface area contributed by atoms with Crippen molar-refractivity contribution in [2.45, 2.75) is 103 Å². The molecule has 0 aromatic heterocycles. The van der Waals surface area contributed by atoms with Gasteiger partial charge in [0.2, 0.25) is 0 Å². The van der Waals surface area contributed by atoms with Gasteiger partial charge in [-0.15, -0.1) is 0 Å². The lowest BCUT2D eigenvalue weighted by atomic mass is 9.85. The zero-order valence-electron chi connectivity index (χ0n) is 40.6. The van der Waals surface area contributed by atoms with Crippen molar-refractivity contribution in [3.63, 3.8) is 0 Å². The molecular formula is C58H70N2O8. The van der Waals surface area contributed by atoms with E-state index in [1.165, 1.54) is 0 Å². The van der Waals surface area contributed by atoms with Crippen LogP contribution in [0, 0.1) is 23.7 Å². The van der Waals surface area contributed by atoms with Crippen molar-refractivity contribution in [1.82, 2.24) is 9.80 Å². The van der Waals surface area contributed by atoms with Gasteiger partial charge in [-0.1, -0.05) is 74.5 Å². The quantitative estimate of drug-likeness (QED) is 0.0895. The molecule has 6 aliphatic rings. The van der Waals surface area contributed by atoms with Crippen LogP contribution in [0.2, 0.25) is 0 Å². The fourth-order valence-electron chi connectivity index (χ4n) is 11.3. The summed E-state index contributed by atoms with van der Waals surface area (Å²) >= 11 is 0. The van der Waals surface area contributed by atoms with E-state index in [1.807, 2.05) is 76.2 Å². The van der Waals surface area contributed by atoms with Crippen LogP contribution in [-0.4, -0.2) is 111 Å². The summed E-state index contributed by atoms with van der Waals surface area (Å²) in [6, 6.07) is 28.1. The van der Waals surface area contributed by atoms with Gasteiger partial charge in [-0.3, -0.25) is 29.0 Å². The van der Waals surface area contributed by atoms with Crippen molar-refractivity contribution in [1.29, 1.82) is 0 Å². The Kier molecular flexibility index (Phi) is 15.4. The average molecular weight is 923 g/mol. The molecule has 2 saturated carbocycles. The largest absolute Gasteiger partial charge is 0.489 e. The zero-order chi connectivity index (χ0) is 47.3. The Labute approximate surface area is 403 Å². The number of nitrogens with zero attached hydrogens (tertiary/aromatic N) is 2. The molecule has 2 saturated heterocycles. The van der Waals surface area contributed by atoms with Crippen LogP contribution >= 0.6 is 0 Å². The highest BCUT2D eigenvalue weighted by Crippen LogP contribution is 2.49. The standard InChI is InChI=1S/2C29H35NO4/c2*1-3-26(31)24-16-23(17-25-28(19(2)34-29(24)25)20-7-5-4-6-8-20)27(32)18-22-15-21(22)9-10-30-11-13-33-14-12-30/h2*4-8,16-17,19,21-22,28H,3,9-15,18H2,1-2H3/t19-,21+,22-,28+;19-,21-,22+,28+/m11/s1. The number of ether oxygens (including phenoxy) is 4. The molecule has 0 bridgehead atoms. The van der Waals surface area contributed by atoms with Gasteiger partial charge in [-0.25, -0.2) is 0 Å². The van der Waals surface area contributed by atoms with Crippen molar-refractivity contribution in [3.05, 3.63) is 129 Å². The summed E-state index contributed by atoms with van der Waals surface area (Å²) in [5.41, 5.74) is 6.70. The molecule has 68 heavy (non-hydrogen) atoms. The van der Waals surface area contributed by atoms with Gasteiger partial charge in [-0.05, 0) is 112 Å². The van der Waals surface area contributed by atoms with Gasteiger partial charge < -0.3 is 18.9 Å². The Hall–Kier alpha value is -5.00. The molecule has 4 fully saturated rings. The van der Waals surface area contributed by atoms with E-state index in [0.29, 0.717) is 83.1 Å². The third-order valence-corrected chi connectivity index (χ3v) is 15.5. The summed E-state index contributed by atoms with van der Waals surface area (Å²) in [5.74, 6) is 3.94. The number of ketones is 4. The second-order valence-electron chi connectivity index (χ2n) is 20.1. The highest BCUT2D eigenvalue weighted by atomic mass is 16.5. The minimum atomic E-state index is -0.0841. The van der Waals surface area contributed by atoms with E-state index < -0.39 is 0 Å². The number of fused-ring (bicyclic) bond motifs is 2. The number of morpholine rings is 2. The summed E-state index contributed by atoms with van der Waals surface area (Å²) in [7, 11) is 0. The van der Waals surface area contributed by atoms with Crippen LogP contribution in [0.3, 0.4) is 0 Å². The minimum absolute atomic E-state index is 0.0227. The van der Waals surface area contributed by atoms with Gasteiger partial charge in [-0.2, -0.15) is 0 Å². The predicted molar refractivity (Wildman–Crippen MR) is 264 cm³/mol. The predicted octanol–water partition coefficient (Wildman–Crippen LogP) is 10.2. The van der Waals surface area contributed by atoms with Crippen LogP contribution in [-0.2, 0) is 9.47 Å². The number of carbonyl (C=O) groups is 4. The summed E-state index contributed by atoms with van der Waals surface area (Å²) in [5, 5.41) is 0. The molecule has 2 aliphatic carbocycles. The van der Waals surface area contributed by atoms with Crippen molar-refractivity contribution in [3.8, 4) is 11.5 Å². The van der Waals surface area contributed by atoms with E-state index in [0.717, 1.165) is 114 Å². The van der Waals surface area contributed by atoms with Crippen LogP contribution < -0.4 is 9.47 Å². The number of hydrogen-bond acceptors (Lipinski definition) is 10. The summed E-state index contributed by atoms with van der Waals surface area (Å²) in [6.07, 6.45) is 6.33. The van der Waals surface area contributed by atoms with E-state index >= 15 is 0 Å². The lowest BCUT2D eigenvalue weighted by Gasteiger charge is -2.26. The van der Waals surface area contributed by atoms with Crippen LogP contribution in [0.5, 0.6) is 11.5 Å². The molecule has 4 aliphatic heterocycles. The first-order valence-corrected chi connectivity index (χ1v) is 25.6. The molecule has 4 aromatic rings. The highest BCUT2D eigenvalue weighted by Gasteiger charge is 2.42. The van der Waals surface area contributed by atoms with E-state index in [4.69, 9.17) is 18.9 Å². The number of hydrogen-bond donors (Lipinski definition) is 0. The maximum Gasteiger partial charge on any atom is 0.166 e. The Morgan fingerprint density at radius 2 is 0.897 bits per heavy atom. The van der Waals surface area contributed by atoms with Crippen molar-refractivity contribution < 1.29 is 38.1 Å². The SMILES string of the molecule is CCC(=O)c1cc(C(=O)C[C@@H]2C[C@H]2CCN2CCOCC2)cc2c1O[C@H](C)[C@H]2c1ccccc1.CCC(=O)c1cc(C(=O)C[C@H]2C[C@@H]2CCN2CCOCC2)cc2c1O[C@H](C)[C@H]2c1ccccc1. The van der Waals surface area contributed by atoms with Gasteiger partial charge >= 0.3 is 0 Å². The molecule has 0 unspecified atom stereocenters. The number of Topliss-reactive ketones (excluding diaryl/α,β-unsaturated/α-hetero) is 4. The van der Waals surface area contributed by atoms with Gasteiger partial charge in [0, 0.05) is 86.0 Å². The second kappa shape index (κ2) is 21.7. The average Bonchev–Trinajstić information content (AvgIpc) is 4.24. The summed E-state index contributed by atoms with van der Waals surface area (Å²) in [4.78, 5) is 57.3.